The van der Waals surface area contributed by atoms with E-state index in [0.717, 1.165) is 34.6 Å². The van der Waals surface area contributed by atoms with Gasteiger partial charge >= 0.3 is 0 Å². The Balaban J connectivity index is 1.93. The molecule has 0 fully saturated rings. The zero-order valence-corrected chi connectivity index (χ0v) is 15.8. The van der Waals surface area contributed by atoms with Gasteiger partial charge in [0.2, 0.25) is 0 Å². The molecule has 2 heterocycles. The van der Waals surface area contributed by atoms with Crippen molar-refractivity contribution in [2.75, 3.05) is 7.11 Å². The van der Waals surface area contributed by atoms with Crippen LogP contribution in [0.15, 0.2) is 36.9 Å². The third-order valence-electron chi connectivity index (χ3n) is 3.64. The van der Waals surface area contributed by atoms with Gasteiger partial charge in [-0.2, -0.15) is 0 Å². The van der Waals surface area contributed by atoms with Crippen LogP contribution in [-0.2, 0) is 6.17 Å². The molecule has 0 atom stereocenters. The van der Waals surface area contributed by atoms with E-state index in [9.17, 15) is 0 Å². The second-order valence-electron chi connectivity index (χ2n) is 7.17. The smallest absolute Gasteiger partial charge is 0.143 e. The lowest BCUT2D eigenvalue weighted by Crippen LogP contribution is -2.28. The Morgan fingerprint density at radius 2 is 1.96 bits per heavy atom. The Kier molecular flexibility index (Phi) is 4.27. The molecule has 6 nitrogen and oxygen atoms in total. The standard InChI is InChI=1S/C17H23N5OSi/c1-13-9-21(11-18-13)16-7-6-14(8-17(16)23-2)15-10-22(20-19-15)12-24(3,4)5/h6-11H,12H2,1-5H3. The predicted octanol–water partition coefficient (Wildman–Crippen LogP) is 3.33. The monoisotopic (exact) mass is 341 g/mol. The van der Waals surface area contributed by atoms with Gasteiger partial charge < -0.3 is 9.30 Å². The molecule has 0 unspecified atom stereocenters. The molecule has 0 aliphatic carbocycles. The van der Waals surface area contributed by atoms with Crippen LogP contribution >= 0.6 is 0 Å². The average molecular weight is 341 g/mol. The molecule has 0 saturated carbocycles. The average Bonchev–Trinajstić information content (AvgIpc) is 3.14. The highest BCUT2D eigenvalue weighted by molar-refractivity contribution is 6.74. The van der Waals surface area contributed by atoms with Gasteiger partial charge in [0, 0.05) is 17.9 Å². The van der Waals surface area contributed by atoms with Gasteiger partial charge in [-0.1, -0.05) is 30.9 Å². The van der Waals surface area contributed by atoms with Gasteiger partial charge in [-0.05, 0) is 19.1 Å². The Morgan fingerprint density at radius 3 is 2.58 bits per heavy atom. The van der Waals surface area contributed by atoms with Crippen molar-refractivity contribution in [3.8, 4) is 22.7 Å². The minimum absolute atomic E-state index is 0.782. The fraction of sp³-hybridized carbons (Fsp3) is 0.353. The summed E-state index contributed by atoms with van der Waals surface area (Å²) in [5, 5.41) is 8.58. The molecule has 3 aromatic rings. The molecule has 0 N–H and O–H groups in total. The van der Waals surface area contributed by atoms with Crippen molar-refractivity contribution < 1.29 is 4.74 Å². The number of methoxy groups -OCH3 is 1. The van der Waals surface area contributed by atoms with Crippen LogP contribution in [0.1, 0.15) is 5.69 Å². The summed E-state index contributed by atoms with van der Waals surface area (Å²) in [6.45, 7) is 8.92. The third kappa shape index (κ3) is 3.56. The van der Waals surface area contributed by atoms with Crippen LogP contribution in [0.25, 0.3) is 16.9 Å². The first-order valence-electron chi connectivity index (χ1n) is 7.95. The Labute approximate surface area is 143 Å². The van der Waals surface area contributed by atoms with E-state index in [0.29, 0.717) is 0 Å². The number of hydrogen-bond donors (Lipinski definition) is 0. The van der Waals surface area contributed by atoms with Crippen LogP contribution in [0.2, 0.25) is 19.6 Å². The molecule has 24 heavy (non-hydrogen) atoms. The van der Waals surface area contributed by atoms with E-state index in [1.165, 1.54) is 0 Å². The first kappa shape index (κ1) is 16.4. The zero-order valence-electron chi connectivity index (χ0n) is 14.8. The normalized spacial score (nSPS) is 11.7. The van der Waals surface area contributed by atoms with E-state index in [1.807, 2.05) is 46.8 Å². The lowest BCUT2D eigenvalue weighted by molar-refractivity contribution is 0.413. The fourth-order valence-corrected chi connectivity index (χ4v) is 3.72. The SMILES string of the molecule is COc1cc(-c2cn(C[Si](C)(C)C)nn2)ccc1-n1cnc(C)c1. The molecule has 3 rings (SSSR count). The predicted molar refractivity (Wildman–Crippen MR) is 97.2 cm³/mol. The molecule has 1 aromatic carbocycles. The van der Waals surface area contributed by atoms with Crippen LogP contribution < -0.4 is 4.74 Å². The van der Waals surface area contributed by atoms with Crippen molar-refractivity contribution in [1.29, 1.82) is 0 Å². The van der Waals surface area contributed by atoms with Crippen molar-refractivity contribution in [3.63, 3.8) is 0 Å². The lowest BCUT2D eigenvalue weighted by Gasteiger charge is -2.14. The highest BCUT2D eigenvalue weighted by Gasteiger charge is 2.16. The third-order valence-corrected chi connectivity index (χ3v) is 4.91. The maximum absolute atomic E-state index is 5.56. The topological polar surface area (TPSA) is 57.8 Å². The molecule has 2 aromatic heterocycles. The molecule has 0 aliphatic rings. The summed E-state index contributed by atoms with van der Waals surface area (Å²) < 4.78 is 9.47. The highest BCUT2D eigenvalue weighted by Crippen LogP contribution is 2.29. The van der Waals surface area contributed by atoms with Gasteiger partial charge in [-0.15, -0.1) is 5.10 Å². The van der Waals surface area contributed by atoms with Gasteiger partial charge in [0.05, 0.1) is 39.1 Å². The number of hydrogen-bond acceptors (Lipinski definition) is 4. The summed E-state index contributed by atoms with van der Waals surface area (Å²) >= 11 is 0. The van der Waals surface area contributed by atoms with Crippen LogP contribution in [0.3, 0.4) is 0 Å². The first-order chi connectivity index (χ1) is 11.4. The number of aromatic nitrogens is 5. The summed E-state index contributed by atoms with van der Waals surface area (Å²) in [6, 6.07) is 6.05. The maximum Gasteiger partial charge on any atom is 0.143 e. The van der Waals surface area contributed by atoms with Gasteiger partial charge in [0.1, 0.15) is 11.4 Å². The molecule has 126 valence electrons. The molecular weight excluding hydrogens is 318 g/mol. The van der Waals surface area contributed by atoms with E-state index in [4.69, 9.17) is 4.74 Å². The number of imidazole rings is 1. The number of rotatable bonds is 5. The second kappa shape index (κ2) is 6.24. The van der Waals surface area contributed by atoms with E-state index >= 15 is 0 Å². The van der Waals surface area contributed by atoms with E-state index in [2.05, 4.69) is 34.9 Å². The van der Waals surface area contributed by atoms with Crippen molar-refractivity contribution in [3.05, 3.63) is 42.6 Å². The number of nitrogens with zero attached hydrogens (tertiary/aromatic N) is 5. The summed E-state index contributed by atoms with van der Waals surface area (Å²) in [5.74, 6) is 0.782. The molecule has 7 heteroatoms. The number of benzene rings is 1. The van der Waals surface area contributed by atoms with Crippen LogP contribution in [0.4, 0.5) is 0 Å². The molecule has 0 spiro atoms. The summed E-state index contributed by atoms with van der Waals surface area (Å²) in [7, 11) is 0.446. The molecular formula is C17H23N5OSi. The quantitative estimate of drug-likeness (QED) is 0.668. The largest absolute Gasteiger partial charge is 0.495 e. The summed E-state index contributed by atoms with van der Waals surface area (Å²) in [4.78, 5) is 4.27. The van der Waals surface area contributed by atoms with Gasteiger partial charge in [0.25, 0.3) is 0 Å². The van der Waals surface area contributed by atoms with Crippen molar-refractivity contribution in [2.24, 2.45) is 0 Å². The van der Waals surface area contributed by atoms with Crippen molar-refractivity contribution in [2.45, 2.75) is 32.7 Å². The fourth-order valence-electron chi connectivity index (χ4n) is 2.60. The highest BCUT2D eigenvalue weighted by atomic mass is 28.3. The van der Waals surface area contributed by atoms with Gasteiger partial charge in [-0.3, -0.25) is 4.68 Å². The molecule has 0 bridgehead atoms. The van der Waals surface area contributed by atoms with Gasteiger partial charge in [0.15, 0.2) is 0 Å². The summed E-state index contributed by atoms with van der Waals surface area (Å²) in [6.07, 6.45) is 6.73. The zero-order chi connectivity index (χ0) is 17.3. The number of aryl methyl sites for hydroxylation is 1. The minimum Gasteiger partial charge on any atom is -0.495 e. The summed E-state index contributed by atoms with van der Waals surface area (Å²) in [5.41, 5.74) is 3.78. The maximum atomic E-state index is 5.56. The Morgan fingerprint density at radius 1 is 1.17 bits per heavy atom. The Hall–Kier alpha value is -2.41. The van der Waals surface area contributed by atoms with Gasteiger partial charge in [-0.25, -0.2) is 4.98 Å². The van der Waals surface area contributed by atoms with Crippen molar-refractivity contribution in [1.82, 2.24) is 24.5 Å². The van der Waals surface area contributed by atoms with Crippen LogP contribution in [0.5, 0.6) is 5.75 Å². The Bertz CT molecular complexity index is 847. The van der Waals surface area contributed by atoms with E-state index in [1.54, 1.807) is 13.4 Å². The van der Waals surface area contributed by atoms with E-state index < -0.39 is 8.07 Å². The molecule has 0 radical (unpaired) electrons. The molecule has 0 saturated heterocycles. The van der Waals surface area contributed by atoms with E-state index in [-0.39, 0.29) is 0 Å². The second-order valence-corrected chi connectivity index (χ2v) is 12.6. The molecule has 0 aliphatic heterocycles. The van der Waals surface area contributed by atoms with Crippen LogP contribution in [0, 0.1) is 6.92 Å². The molecule has 0 amide bonds. The lowest BCUT2D eigenvalue weighted by atomic mass is 10.1. The van der Waals surface area contributed by atoms with Crippen molar-refractivity contribution >= 4 is 8.07 Å². The minimum atomic E-state index is -1.23. The van der Waals surface area contributed by atoms with Crippen LogP contribution in [-0.4, -0.2) is 39.7 Å². The number of ether oxygens (including phenoxy) is 1. The first-order valence-corrected chi connectivity index (χ1v) is 11.7.